The second-order valence-electron chi connectivity index (χ2n) is 7.15. The number of hydrogen-bond donors (Lipinski definition) is 2. The number of benzene rings is 2. The number of aromatic amines is 1. The lowest BCUT2D eigenvalue weighted by Gasteiger charge is -2.13. The van der Waals surface area contributed by atoms with E-state index < -0.39 is 12.0 Å². The molecule has 10 heteroatoms. The molecule has 0 fully saturated rings. The Morgan fingerprint density at radius 2 is 1.75 bits per heavy atom. The van der Waals surface area contributed by atoms with Crippen LogP contribution in [-0.2, 0) is 19.1 Å². The molecule has 2 aromatic heterocycles. The highest BCUT2D eigenvalue weighted by Gasteiger charge is 2.35. The number of alkyl halides is 3. The number of nitrogens with zero attached hydrogens (tertiary/aromatic N) is 5. The molecule has 4 aromatic rings. The first-order chi connectivity index (χ1) is 15.5. The van der Waals surface area contributed by atoms with Crippen molar-refractivity contribution < 1.29 is 13.2 Å². The van der Waals surface area contributed by atoms with Crippen LogP contribution in [0.25, 0.3) is 22.5 Å². The minimum Gasteiger partial charge on any atom is -0.366 e. The Bertz CT molecular complexity index is 1170. The average Bonchev–Trinajstić information content (AvgIpc) is 3.33. The van der Waals surface area contributed by atoms with Gasteiger partial charge in [-0.25, -0.2) is 9.97 Å². The fraction of sp³-hybridized carbons (Fsp3) is 0.227. The van der Waals surface area contributed by atoms with Crippen LogP contribution < -0.4 is 5.32 Å². The van der Waals surface area contributed by atoms with Crippen molar-refractivity contribution in [2.45, 2.75) is 32.5 Å². The van der Waals surface area contributed by atoms with Crippen molar-refractivity contribution in [3.63, 3.8) is 0 Å². The van der Waals surface area contributed by atoms with Crippen LogP contribution in [0.2, 0.25) is 0 Å². The van der Waals surface area contributed by atoms with Crippen LogP contribution in [0, 0.1) is 0 Å². The lowest BCUT2D eigenvalue weighted by atomic mass is 9.98. The summed E-state index contributed by atoms with van der Waals surface area (Å²) in [4.78, 5) is 7.18. The maximum atomic E-state index is 13.0. The van der Waals surface area contributed by atoms with Gasteiger partial charge in [-0.1, -0.05) is 61.9 Å². The van der Waals surface area contributed by atoms with Crippen LogP contribution in [0.4, 0.5) is 19.0 Å². The minimum absolute atomic E-state index is 0.209. The molecule has 0 saturated heterocycles. The normalized spacial score (nSPS) is 11.5. The Hall–Kier alpha value is -3.82. The number of hydrogen-bond acceptors (Lipinski definition) is 6. The summed E-state index contributed by atoms with van der Waals surface area (Å²) in [5, 5.41) is 17.2. The Morgan fingerprint density at radius 1 is 1.00 bits per heavy atom. The molecule has 2 heterocycles. The molecule has 0 bridgehead atoms. The van der Waals surface area contributed by atoms with Crippen molar-refractivity contribution in [3.05, 3.63) is 71.7 Å². The lowest BCUT2D eigenvalue weighted by molar-refractivity contribution is -0.144. The second kappa shape index (κ2) is 9.13. The van der Waals surface area contributed by atoms with Gasteiger partial charge < -0.3 is 5.32 Å². The Labute approximate surface area is 182 Å². The zero-order chi connectivity index (χ0) is 22.6. The Morgan fingerprint density at radius 3 is 2.41 bits per heavy atom. The summed E-state index contributed by atoms with van der Waals surface area (Å²) in [6, 6.07) is 15.4. The molecule has 164 valence electrons. The molecule has 0 atom stereocenters. The first kappa shape index (κ1) is 21.4. The lowest BCUT2D eigenvalue weighted by Crippen LogP contribution is -2.14. The summed E-state index contributed by atoms with van der Waals surface area (Å²) in [7, 11) is 0. The van der Waals surface area contributed by atoms with E-state index in [9.17, 15) is 13.2 Å². The Kier molecular flexibility index (Phi) is 6.11. The molecule has 0 aliphatic heterocycles. The summed E-state index contributed by atoms with van der Waals surface area (Å²) in [6.07, 6.45) is -1.97. The number of nitrogens with one attached hydrogen (secondary N) is 2. The Balaban J connectivity index is 1.54. The van der Waals surface area contributed by atoms with Crippen LogP contribution in [0.3, 0.4) is 0 Å². The number of aryl methyl sites for hydroxylation is 1. The molecule has 2 N–H and O–H groups in total. The summed E-state index contributed by atoms with van der Waals surface area (Å²) >= 11 is 0. The van der Waals surface area contributed by atoms with E-state index in [4.69, 9.17) is 0 Å². The molecule has 0 saturated carbocycles. The van der Waals surface area contributed by atoms with Crippen molar-refractivity contribution in [1.29, 1.82) is 0 Å². The van der Waals surface area contributed by atoms with Crippen LogP contribution in [-0.4, -0.2) is 30.6 Å². The zero-order valence-corrected chi connectivity index (χ0v) is 17.2. The number of H-pyrrole nitrogens is 1. The van der Waals surface area contributed by atoms with Gasteiger partial charge in [0.25, 0.3) is 0 Å². The van der Waals surface area contributed by atoms with E-state index in [1.807, 2.05) is 55.5 Å². The van der Waals surface area contributed by atoms with E-state index in [1.54, 1.807) is 0 Å². The highest BCUT2D eigenvalue weighted by Crippen LogP contribution is 2.30. The maximum Gasteiger partial charge on any atom is 0.451 e. The molecule has 0 amide bonds. The smallest absolute Gasteiger partial charge is 0.366 e. The van der Waals surface area contributed by atoms with E-state index in [1.165, 1.54) is 6.20 Å². The number of aromatic nitrogens is 6. The SMILES string of the molecule is CCCc1cnc(C(F)(F)F)nc1NCc1ccc(-c2ccccc2-c2nn[nH]n2)cc1. The summed E-state index contributed by atoms with van der Waals surface area (Å²) in [5.41, 5.74) is 4.31. The molecule has 0 aliphatic carbocycles. The molecule has 32 heavy (non-hydrogen) atoms. The number of tetrazole rings is 1. The predicted octanol–water partition coefficient (Wildman–Crippen LogP) is 4.91. The molecule has 0 unspecified atom stereocenters. The van der Waals surface area contributed by atoms with Gasteiger partial charge in [0.1, 0.15) is 5.82 Å². The summed E-state index contributed by atoms with van der Waals surface area (Å²) in [5.74, 6) is -0.437. The fourth-order valence-electron chi connectivity index (χ4n) is 3.34. The topological polar surface area (TPSA) is 92.3 Å². The van der Waals surface area contributed by atoms with Gasteiger partial charge in [0.15, 0.2) is 0 Å². The van der Waals surface area contributed by atoms with E-state index in [2.05, 4.69) is 35.9 Å². The highest BCUT2D eigenvalue weighted by molar-refractivity contribution is 5.80. The van der Waals surface area contributed by atoms with Gasteiger partial charge in [-0.3, -0.25) is 0 Å². The quantitative estimate of drug-likeness (QED) is 0.425. The number of rotatable bonds is 7. The molecule has 4 rings (SSSR count). The van der Waals surface area contributed by atoms with E-state index in [0.717, 1.165) is 28.7 Å². The highest BCUT2D eigenvalue weighted by atomic mass is 19.4. The monoisotopic (exact) mass is 439 g/mol. The molecular weight excluding hydrogens is 419 g/mol. The maximum absolute atomic E-state index is 13.0. The predicted molar refractivity (Wildman–Crippen MR) is 113 cm³/mol. The first-order valence-electron chi connectivity index (χ1n) is 10.0. The third kappa shape index (κ3) is 4.74. The van der Waals surface area contributed by atoms with Gasteiger partial charge in [0.05, 0.1) is 0 Å². The standard InChI is InChI=1S/C22H20F3N7/c1-2-5-16-13-27-21(22(23,24)25)28-19(16)26-12-14-8-10-15(11-9-14)17-6-3-4-7-18(17)20-29-31-32-30-20/h3-4,6-11,13H,2,5,12H2,1H3,(H,26,27,28)(H,29,30,31,32). The van der Waals surface area contributed by atoms with E-state index in [0.29, 0.717) is 24.4 Å². The van der Waals surface area contributed by atoms with Crippen molar-refractivity contribution >= 4 is 5.82 Å². The van der Waals surface area contributed by atoms with Crippen LogP contribution in [0.5, 0.6) is 0 Å². The van der Waals surface area contributed by atoms with Gasteiger partial charge in [0, 0.05) is 23.9 Å². The molecule has 0 radical (unpaired) electrons. The fourth-order valence-corrected chi connectivity index (χ4v) is 3.34. The number of anilines is 1. The van der Waals surface area contributed by atoms with E-state index in [-0.39, 0.29) is 5.82 Å². The van der Waals surface area contributed by atoms with Crippen LogP contribution in [0.15, 0.2) is 54.7 Å². The van der Waals surface area contributed by atoms with Gasteiger partial charge in [-0.2, -0.15) is 18.4 Å². The third-order valence-electron chi connectivity index (χ3n) is 4.88. The van der Waals surface area contributed by atoms with Crippen molar-refractivity contribution in [2.75, 3.05) is 5.32 Å². The van der Waals surface area contributed by atoms with Crippen molar-refractivity contribution in [2.24, 2.45) is 0 Å². The third-order valence-corrected chi connectivity index (χ3v) is 4.88. The molecule has 7 nitrogen and oxygen atoms in total. The van der Waals surface area contributed by atoms with Gasteiger partial charge >= 0.3 is 6.18 Å². The van der Waals surface area contributed by atoms with E-state index >= 15 is 0 Å². The molecule has 2 aromatic carbocycles. The first-order valence-corrected chi connectivity index (χ1v) is 10.0. The minimum atomic E-state index is -4.59. The van der Waals surface area contributed by atoms with Crippen molar-refractivity contribution in [3.8, 4) is 22.5 Å². The van der Waals surface area contributed by atoms with Crippen LogP contribution in [0.1, 0.15) is 30.3 Å². The van der Waals surface area contributed by atoms with Gasteiger partial charge in [-0.15, -0.1) is 10.2 Å². The summed E-state index contributed by atoms with van der Waals surface area (Å²) in [6.45, 7) is 2.28. The second-order valence-corrected chi connectivity index (χ2v) is 7.15. The zero-order valence-electron chi connectivity index (χ0n) is 17.2. The van der Waals surface area contributed by atoms with Crippen LogP contribution >= 0.6 is 0 Å². The van der Waals surface area contributed by atoms with Gasteiger partial charge in [-0.05, 0) is 28.3 Å². The average molecular weight is 439 g/mol. The largest absolute Gasteiger partial charge is 0.451 e. The number of halogens is 3. The molecule has 0 aliphatic rings. The molecular formula is C22H20F3N7. The van der Waals surface area contributed by atoms with Gasteiger partial charge in [0.2, 0.25) is 11.6 Å². The summed E-state index contributed by atoms with van der Waals surface area (Å²) < 4.78 is 39.1. The van der Waals surface area contributed by atoms with Crippen molar-refractivity contribution in [1.82, 2.24) is 30.6 Å². The molecule has 0 spiro atoms.